The fourth-order valence-corrected chi connectivity index (χ4v) is 3.71. The third-order valence-electron chi connectivity index (χ3n) is 5.19. The van der Waals surface area contributed by atoms with E-state index in [-0.39, 0.29) is 23.7 Å². The Kier molecular flexibility index (Phi) is 7.78. The molecule has 1 aliphatic rings. The zero-order valence-electron chi connectivity index (χ0n) is 17.6. The summed E-state index contributed by atoms with van der Waals surface area (Å²) < 4.78 is 7.91. The summed E-state index contributed by atoms with van der Waals surface area (Å²) in [5.41, 5.74) is 0. The van der Waals surface area contributed by atoms with Crippen molar-refractivity contribution in [2.75, 3.05) is 32.8 Å². The summed E-state index contributed by atoms with van der Waals surface area (Å²) in [6.07, 6.45) is 7.87. The minimum Gasteiger partial charge on any atom is -0.492 e. The molecule has 30 heavy (non-hydrogen) atoms. The zero-order valence-corrected chi connectivity index (χ0v) is 17.6. The Hall–Kier alpha value is -2.94. The molecule has 2 aromatic rings. The van der Waals surface area contributed by atoms with Crippen molar-refractivity contribution >= 4 is 11.8 Å². The molecule has 0 saturated carbocycles. The highest BCUT2D eigenvalue weighted by molar-refractivity contribution is 5.79. The van der Waals surface area contributed by atoms with Crippen molar-refractivity contribution in [2.45, 2.75) is 19.9 Å². The zero-order chi connectivity index (χ0) is 21.3. The number of carbonyl (C=O) groups is 2. The summed E-state index contributed by atoms with van der Waals surface area (Å²) in [5, 5.41) is 5.64. The molecule has 0 aromatic carbocycles. The van der Waals surface area contributed by atoms with Gasteiger partial charge in [0.15, 0.2) is 0 Å². The Labute approximate surface area is 176 Å². The van der Waals surface area contributed by atoms with E-state index in [1.54, 1.807) is 18.6 Å². The van der Waals surface area contributed by atoms with Crippen molar-refractivity contribution in [1.29, 1.82) is 0 Å². The highest BCUT2D eigenvalue weighted by Gasteiger charge is 2.32. The van der Waals surface area contributed by atoms with Crippen LogP contribution in [-0.2, 0) is 23.2 Å². The Morgan fingerprint density at radius 2 is 2.07 bits per heavy atom. The maximum Gasteiger partial charge on any atom is 0.224 e. The van der Waals surface area contributed by atoms with Gasteiger partial charge in [0.05, 0.1) is 25.3 Å². The molecule has 1 fully saturated rings. The number of hydrogen-bond acceptors (Lipinski definition) is 6. The normalized spacial score (nSPS) is 19.3. The number of nitrogens with zero attached hydrogens (tertiary/aromatic N) is 4. The second kappa shape index (κ2) is 10.7. The third kappa shape index (κ3) is 6.55. The van der Waals surface area contributed by atoms with E-state index < -0.39 is 0 Å². The first-order valence-corrected chi connectivity index (χ1v) is 10.2. The highest BCUT2D eigenvalue weighted by atomic mass is 16.5. The number of ether oxygens (including phenoxy) is 1. The van der Waals surface area contributed by atoms with Crippen LogP contribution in [0.5, 0.6) is 5.75 Å². The average Bonchev–Trinajstić information content (AvgIpc) is 3.14. The van der Waals surface area contributed by atoms with Crippen LogP contribution < -0.4 is 15.4 Å². The number of carbonyl (C=O) groups excluding carboxylic acids is 2. The molecule has 3 heterocycles. The first-order valence-electron chi connectivity index (χ1n) is 10.2. The largest absolute Gasteiger partial charge is 0.492 e. The standard InChI is InChI=1S/C21H30N6O3/c1-16(28)23-6-7-25-21(29)18-10-17(15-30-19-4-3-5-22-11-19)12-27(13-18)14-20-24-8-9-26(20)2/h3-5,8-9,11,17-18H,6-7,10,12-15H2,1-2H3,(H,23,28)(H,25,29)/t17-,18+/m0/s1. The van der Waals surface area contributed by atoms with Gasteiger partial charge in [-0.05, 0) is 18.6 Å². The molecule has 2 amide bonds. The van der Waals surface area contributed by atoms with Crippen LogP contribution in [0.4, 0.5) is 0 Å². The SMILES string of the molecule is CC(=O)NCCNC(=O)[C@@H]1C[C@H](COc2cccnc2)CN(Cc2nccn2C)C1. The molecule has 0 unspecified atom stereocenters. The number of nitrogens with one attached hydrogen (secondary N) is 2. The van der Waals surface area contributed by atoms with Gasteiger partial charge < -0.3 is 19.9 Å². The van der Waals surface area contributed by atoms with Gasteiger partial charge in [0.2, 0.25) is 11.8 Å². The number of rotatable bonds is 9. The summed E-state index contributed by atoms with van der Waals surface area (Å²) in [6, 6.07) is 3.72. The molecule has 3 rings (SSSR count). The smallest absolute Gasteiger partial charge is 0.224 e. The van der Waals surface area contributed by atoms with Gasteiger partial charge in [-0.3, -0.25) is 19.5 Å². The van der Waals surface area contributed by atoms with Gasteiger partial charge in [-0.15, -0.1) is 0 Å². The van der Waals surface area contributed by atoms with Crippen molar-refractivity contribution < 1.29 is 14.3 Å². The van der Waals surface area contributed by atoms with Crippen molar-refractivity contribution in [3.63, 3.8) is 0 Å². The van der Waals surface area contributed by atoms with Crippen LogP contribution in [0.1, 0.15) is 19.2 Å². The van der Waals surface area contributed by atoms with Crippen molar-refractivity contribution in [2.24, 2.45) is 18.9 Å². The lowest BCUT2D eigenvalue weighted by atomic mass is 9.89. The van der Waals surface area contributed by atoms with Crippen molar-refractivity contribution in [3.8, 4) is 5.75 Å². The van der Waals surface area contributed by atoms with Crippen LogP contribution in [0, 0.1) is 11.8 Å². The van der Waals surface area contributed by atoms with E-state index in [0.717, 1.165) is 24.5 Å². The number of pyridine rings is 1. The second-order valence-electron chi connectivity index (χ2n) is 7.72. The molecule has 9 heteroatoms. The Balaban J connectivity index is 1.59. The maximum absolute atomic E-state index is 12.8. The summed E-state index contributed by atoms with van der Waals surface area (Å²) in [4.78, 5) is 34.5. The fourth-order valence-electron chi connectivity index (χ4n) is 3.71. The summed E-state index contributed by atoms with van der Waals surface area (Å²) >= 11 is 0. The minimum absolute atomic E-state index is 0.0104. The second-order valence-corrected chi connectivity index (χ2v) is 7.72. The Morgan fingerprint density at radius 3 is 2.77 bits per heavy atom. The molecule has 2 atom stereocenters. The lowest BCUT2D eigenvalue weighted by Gasteiger charge is -2.36. The molecule has 1 saturated heterocycles. The van der Waals surface area contributed by atoms with Crippen LogP contribution >= 0.6 is 0 Å². The van der Waals surface area contributed by atoms with Gasteiger partial charge in [0.1, 0.15) is 11.6 Å². The van der Waals surface area contributed by atoms with Crippen molar-refractivity contribution in [3.05, 3.63) is 42.7 Å². The van der Waals surface area contributed by atoms with E-state index in [9.17, 15) is 9.59 Å². The Bertz CT molecular complexity index is 825. The topological polar surface area (TPSA) is 101 Å². The maximum atomic E-state index is 12.8. The summed E-state index contributed by atoms with van der Waals surface area (Å²) in [5.74, 6) is 1.68. The van der Waals surface area contributed by atoms with E-state index in [4.69, 9.17) is 4.74 Å². The fraction of sp³-hybridized carbons (Fsp3) is 0.524. The molecule has 2 aromatic heterocycles. The molecule has 1 aliphatic heterocycles. The van der Waals surface area contributed by atoms with Crippen LogP contribution in [0.15, 0.2) is 36.9 Å². The van der Waals surface area contributed by atoms with E-state index >= 15 is 0 Å². The van der Waals surface area contributed by atoms with E-state index in [1.807, 2.05) is 29.9 Å². The van der Waals surface area contributed by atoms with Gasteiger partial charge >= 0.3 is 0 Å². The average molecular weight is 415 g/mol. The molecule has 9 nitrogen and oxygen atoms in total. The highest BCUT2D eigenvalue weighted by Crippen LogP contribution is 2.24. The van der Waals surface area contributed by atoms with Gasteiger partial charge in [0.25, 0.3) is 0 Å². The van der Waals surface area contributed by atoms with Crippen LogP contribution in [-0.4, -0.2) is 64.0 Å². The number of amides is 2. The van der Waals surface area contributed by atoms with Gasteiger partial charge in [-0.1, -0.05) is 0 Å². The molecule has 0 radical (unpaired) electrons. The molecule has 162 valence electrons. The van der Waals surface area contributed by atoms with Crippen molar-refractivity contribution in [1.82, 2.24) is 30.1 Å². The number of likely N-dealkylation sites (tertiary alicyclic amines) is 1. The number of imidazole rings is 1. The van der Waals surface area contributed by atoms with Gasteiger partial charge in [0, 0.05) is 64.7 Å². The minimum atomic E-state index is -0.140. The summed E-state index contributed by atoms with van der Waals surface area (Å²) in [6.45, 7) is 5.03. The molecule has 2 N–H and O–H groups in total. The monoisotopic (exact) mass is 414 g/mol. The molecule has 0 aliphatic carbocycles. The third-order valence-corrected chi connectivity index (χ3v) is 5.19. The van der Waals surface area contributed by atoms with Crippen LogP contribution in [0.3, 0.4) is 0 Å². The molecule has 0 bridgehead atoms. The first-order chi connectivity index (χ1) is 14.5. The first kappa shape index (κ1) is 21.8. The number of piperidine rings is 1. The van der Waals surface area contributed by atoms with E-state index in [2.05, 4.69) is 25.5 Å². The number of hydrogen-bond donors (Lipinski definition) is 2. The lowest BCUT2D eigenvalue weighted by Crippen LogP contribution is -2.48. The van der Waals surface area contributed by atoms with Gasteiger partial charge in [-0.25, -0.2) is 4.98 Å². The molecular weight excluding hydrogens is 384 g/mol. The predicted molar refractivity (Wildman–Crippen MR) is 112 cm³/mol. The van der Waals surface area contributed by atoms with Crippen LogP contribution in [0.2, 0.25) is 0 Å². The number of aryl methyl sites for hydroxylation is 1. The Morgan fingerprint density at radius 1 is 1.23 bits per heavy atom. The molecule has 0 spiro atoms. The van der Waals surface area contributed by atoms with Crippen LogP contribution in [0.25, 0.3) is 0 Å². The summed E-state index contributed by atoms with van der Waals surface area (Å²) in [7, 11) is 1.97. The van der Waals surface area contributed by atoms with E-state index in [0.29, 0.717) is 32.8 Å². The lowest BCUT2D eigenvalue weighted by molar-refractivity contribution is -0.128. The quantitative estimate of drug-likeness (QED) is 0.582. The van der Waals surface area contributed by atoms with E-state index in [1.165, 1.54) is 6.92 Å². The van der Waals surface area contributed by atoms with Gasteiger partial charge in [-0.2, -0.15) is 0 Å². The molecular formula is C21H30N6O3. The predicted octanol–water partition coefficient (Wildman–Crippen LogP) is 0.585. The number of aromatic nitrogens is 3.